The van der Waals surface area contributed by atoms with Crippen LogP contribution >= 0.6 is 0 Å². The molecule has 2 atom stereocenters. The minimum absolute atomic E-state index is 0.441. The molecule has 21 heavy (non-hydrogen) atoms. The van der Waals surface area contributed by atoms with Gasteiger partial charge in [0.05, 0.1) is 23.1 Å². The molecule has 0 aliphatic carbocycles. The van der Waals surface area contributed by atoms with Crippen molar-refractivity contribution in [1.82, 2.24) is 0 Å². The normalized spacial score (nSPS) is 14.1. The molecule has 11 heteroatoms. The molecule has 8 nitrogen and oxygen atoms in total. The first kappa shape index (κ1) is 16.7. The van der Waals surface area contributed by atoms with Crippen molar-refractivity contribution in [2.45, 2.75) is 18.4 Å². The van der Waals surface area contributed by atoms with Crippen LogP contribution in [0.2, 0.25) is 0 Å². The van der Waals surface area contributed by atoms with Crippen molar-refractivity contribution in [2.24, 2.45) is 5.11 Å². The Hall–Kier alpha value is -2.36. The van der Waals surface area contributed by atoms with E-state index in [4.69, 9.17) is 5.53 Å². The van der Waals surface area contributed by atoms with Gasteiger partial charge in [-0.1, -0.05) is 5.11 Å². The van der Waals surface area contributed by atoms with Crippen LogP contribution in [0.25, 0.3) is 10.4 Å². The van der Waals surface area contributed by atoms with Gasteiger partial charge in [-0.05, 0) is 11.6 Å². The molecule has 1 rings (SSSR count). The van der Waals surface area contributed by atoms with Gasteiger partial charge in [0.1, 0.15) is 6.10 Å². The molecule has 2 unspecified atom stereocenters. The van der Waals surface area contributed by atoms with Gasteiger partial charge in [-0.25, -0.2) is 0 Å². The van der Waals surface area contributed by atoms with Crippen LogP contribution in [-0.4, -0.2) is 27.8 Å². The fraction of sp³-hybridized carbons (Fsp3) is 0.400. The summed E-state index contributed by atoms with van der Waals surface area (Å²) in [4.78, 5) is 12.0. The summed E-state index contributed by atoms with van der Waals surface area (Å²) in [5, 5.41) is 32.7. The molecular weight excluding hydrogens is 297 g/mol. The lowest BCUT2D eigenvalue weighted by Gasteiger charge is -2.20. The average molecular weight is 306 g/mol. The number of aliphatic hydroxyl groups excluding tert-OH is 2. The number of hydrogen-bond donors (Lipinski definition) is 2. The summed E-state index contributed by atoms with van der Waals surface area (Å²) >= 11 is 0. The van der Waals surface area contributed by atoms with Gasteiger partial charge >= 0.3 is 6.18 Å². The van der Waals surface area contributed by atoms with Crippen molar-refractivity contribution < 1.29 is 28.3 Å². The number of hydrogen-bond acceptors (Lipinski definition) is 5. The number of halogens is 3. The van der Waals surface area contributed by atoms with Crippen molar-refractivity contribution in [3.05, 3.63) is 49.9 Å². The molecular formula is C10H9F3N4O4. The SMILES string of the molecule is [N-]=[N+]=NCC(O)C(O)c1cc([N+](=O)[O-])ccc1C(F)(F)F. The topological polar surface area (TPSA) is 132 Å². The molecule has 0 aromatic heterocycles. The Morgan fingerprint density at radius 3 is 2.52 bits per heavy atom. The number of nitrogens with zero attached hydrogens (tertiary/aromatic N) is 4. The van der Waals surface area contributed by atoms with Crippen molar-refractivity contribution in [1.29, 1.82) is 0 Å². The standard InChI is InChI=1S/C10H9F3N4O4/c11-10(12,13)7-2-1-5(17(20)21)3-6(7)9(19)8(18)4-15-16-14/h1-3,8-9,18-19H,4H2. The number of azide groups is 1. The van der Waals surface area contributed by atoms with Gasteiger partial charge in [0.25, 0.3) is 5.69 Å². The molecule has 0 fully saturated rings. The molecule has 1 aromatic carbocycles. The van der Waals surface area contributed by atoms with E-state index >= 15 is 0 Å². The third kappa shape index (κ3) is 4.05. The molecule has 0 amide bonds. The van der Waals surface area contributed by atoms with Crippen LogP contribution in [0.1, 0.15) is 17.2 Å². The Morgan fingerprint density at radius 2 is 2.05 bits per heavy atom. The van der Waals surface area contributed by atoms with E-state index in [-0.39, 0.29) is 0 Å². The summed E-state index contributed by atoms with van der Waals surface area (Å²) in [7, 11) is 0. The van der Waals surface area contributed by atoms with Crippen molar-refractivity contribution >= 4 is 5.69 Å². The second kappa shape index (κ2) is 6.39. The van der Waals surface area contributed by atoms with Crippen molar-refractivity contribution in [3.63, 3.8) is 0 Å². The van der Waals surface area contributed by atoms with Crippen LogP contribution in [0.15, 0.2) is 23.3 Å². The minimum atomic E-state index is -4.87. The molecule has 0 saturated carbocycles. The highest BCUT2D eigenvalue weighted by molar-refractivity contribution is 5.42. The fourth-order valence-corrected chi connectivity index (χ4v) is 1.59. The lowest BCUT2D eigenvalue weighted by atomic mass is 9.97. The minimum Gasteiger partial charge on any atom is -0.390 e. The number of rotatable bonds is 5. The van der Waals surface area contributed by atoms with Crippen molar-refractivity contribution in [2.75, 3.05) is 6.54 Å². The number of nitro benzene ring substituents is 1. The van der Waals surface area contributed by atoms with E-state index in [9.17, 15) is 33.5 Å². The van der Waals surface area contributed by atoms with E-state index in [0.29, 0.717) is 18.2 Å². The largest absolute Gasteiger partial charge is 0.416 e. The van der Waals surface area contributed by atoms with Gasteiger partial charge in [0.15, 0.2) is 0 Å². The zero-order valence-corrected chi connectivity index (χ0v) is 10.2. The maximum absolute atomic E-state index is 12.8. The molecule has 114 valence electrons. The Bertz CT molecular complexity index is 586. The van der Waals surface area contributed by atoms with E-state index in [1.807, 2.05) is 0 Å². The summed E-state index contributed by atoms with van der Waals surface area (Å²) in [6, 6.07) is 1.60. The molecule has 0 aliphatic heterocycles. The van der Waals surface area contributed by atoms with Gasteiger partial charge in [0.2, 0.25) is 0 Å². The second-order valence-corrected chi connectivity index (χ2v) is 3.95. The summed E-state index contributed by atoms with van der Waals surface area (Å²) < 4.78 is 38.4. The highest BCUT2D eigenvalue weighted by Gasteiger charge is 2.37. The lowest BCUT2D eigenvalue weighted by molar-refractivity contribution is -0.385. The first-order chi connectivity index (χ1) is 9.68. The van der Waals surface area contributed by atoms with Gasteiger partial charge < -0.3 is 10.2 Å². The van der Waals surface area contributed by atoms with Crippen LogP contribution in [0, 0.1) is 10.1 Å². The number of aliphatic hydroxyl groups is 2. The Kier molecular flexibility index (Phi) is 5.08. The average Bonchev–Trinajstić information content (AvgIpc) is 2.42. The second-order valence-electron chi connectivity index (χ2n) is 3.95. The van der Waals surface area contributed by atoms with Gasteiger partial charge in [0, 0.05) is 22.6 Å². The predicted octanol–water partition coefficient (Wildman–Crippen LogP) is 2.32. The van der Waals surface area contributed by atoms with Gasteiger partial charge in [-0.15, -0.1) is 0 Å². The molecule has 0 aliphatic rings. The predicted molar refractivity (Wildman–Crippen MR) is 63.1 cm³/mol. The molecule has 0 radical (unpaired) electrons. The number of benzene rings is 1. The summed E-state index contributed by atoms with van der Waals surface area (Å²) in [6.45, 7) is -0.683. The van der Waals surface area contributed by atoms with Gasteiger partial charge in [-0.2, -0.15) is 13.2 Å². The first-order valence-electron chi connectivity index (χ1n) is 5.41. The monoisotopic (exact) mass is 306 g/mol. The van der Waals surface area contributed by atoms with Crippen LogP contribution in [0.4, 0.5) is 18.9 Å². The molecule has 2 N–H and O–H groups in total. The smallest absolute Gasteiger partial charge is 0.390 e. The first-order valence-corrected chi connectivity index (χ1v) is 5.41. The zero-order valence-electron chi connectivity index (χ0n) is 10.2. The van der Waals surface area contributed by atoms with E-state index in [1.54, 1.807) is 0 Å². The highest BCUT2D eigenvalue weighted by Crippen LogP contribution is 2.37. The van der Waals surface area contributed by atoms with E-state index in [2.05, 4.69) is 10.0 Å². The lowest BCUT2D eigenvalue weighted by Crippen LogP contribution is -2.24. The maximum atomic E-state index is 12.8. The van der Waals surface area contributed by atoms with Crippen LogP contribution in [0.3, 0.4) is 0 Å². The van der Waals surface area contributed by atoms with Crippen LogP contribution < -0.4 is 0 Å². The number of alkyl halides is 3. The Balaban J connectivity index is 3.31. The maximum Gasteiger partial charge on any atom is 0.416 e. The third-order valence-electron chi connectivity index (χ3n) is 2.57. The molecule has 0 saturated heterocycles. The quantitative estimate of drug-likeness (QED) is 0.284. The zero-order chi connectivity index (χ0) is 16.2. The molecule has 1 aromatic rings. The molecule has 0 bridgehead atoms. The molecule has 0 spiro atoms. The van der Waals surface area contributed by atoms with Gasteiger partial charge in [-0.3, -0.25) is 10.1 Å². The number of non-ortho nitro benzene ring substituents is 1. The summed E-state index contributed by atoms with van der Waals surface area (Å²) in [6.07, 6.45) is -8.79. The molecule has 0 heterocycles. The van der Waals surface area contributed by atoms with Crippen LogP contribution in [0.5, 0.6) is 0 Å². The van der Waals surface area contributed by atoms with Crippen LogP contribution in [-0.2, 0) is 6.18 Å². The summed E-state index contributed by atoms with van der Waals surface area (Å²) in [5.41, 5.74) is 5.21. The highest BCUT2D eigenvalue weighted by atomic mass is 19.4. The Labute approximate surface area is 115 Å². The fourth-order valence-electron chi connectivity index (χ4n) is 1.59. The van der Waals surface area contributed by atoms with E-state index in [0.717, 1.165) is 0 Å². The van der Waals surface area contributed by atoms with E-state index < -0.39 is 46.7 Å². The Morgan fingerprint density at radius 1 is 1.43 bits per heavy atom. The number of nitro groups is 1. The summed E-state index contributed by atoms with van der Waals surface area (Å²) in [5.74, 6) is 0. The third-order valence-corrected chi connectivity index (χ3v) is 2.57. The van der Waals surface area contributed by atoms with E-state index in [1.165, 1.54) is 0 Å². The van der Waals surface area contributed by atoms with Crippen molar-refractivity contribution in [3.8, 4) is 0 Å².